The summed E-state index contributed by atoms with van der Waals surface area (Å²) in [5, 5.41) is 9.20. The zero-order valence-corrected chi connectivity index (χ0v) is 11.6. The summed E-state index contributed by atoms with van der Waals surface area (Å²) in [4.78, 5) is 11.2. The van der Waals surface area contributed by atoms with Crippen molar-refractivity contribution in [2.45, 2.75) is 6.92 Å². The highest BCUT2D eigenvalue weighted by Gasteiger charge is 2.17. The average molecular weight is 272 g/mol. The molecule has 4 heteroatoms. The number of carbonyl (C=O) groups is 1. The van der Waals surface area contributed by atoms with Crippen molar-refractivity contribution in [2.24, 2.45) is 0 Å². The molecule has 0 aliphatic heterocycles. The Hall–Kier alpha value is -2.49. The van der Waals surface area contributed by atoms with E-state index in [1.807, 2.05) is 31.2 Å². The fraction of sp³-hybridized carbons (Fsp3) is 0.188. The van der Waals surface area contributed by atoms with Gasteiger partial charge in [0.05, 0.1) is 19.8 Å². The van der Waals surface area contributed by atoms with Crippen LogP contribution in [0.25, 0.3) is 11.1 Å². The monoisotopic (exact) mass is 272 g/mol. The van der Waals surface area contributed by atoms with E-state index in [9.17, 15) is 9.90 Å². The van der Waals surface area contributed by atoms with E-state index < -0.39 is 5.97 Å². The average Bonchev–Trinajstić information content (AvgIpc) is 2.45. The molecule has 0 spiro atoms. The van der Waals surface area contributed by atoms with Crippen molar-refractivity contribution in [3.8, 4) is 22.6 Å². The number of benzene rings is 2. The minimum absolute atomic E-state index is 0.166. The van der Waals surface area contributed by atoms with Crippen molar-refractivity contribution in [2.75, 3.05) is 14.2 Å². The fourth-order valence-electron chi connectivity index (χ4n) is 2.11. The molecule has 0 aliphatic rings. The van der Waals surface area contributed by atoms with Crippen LogP contribution in [0.1, 0.15) is 15.9 Å². The van der Waals surface area contributed by atoms with Crippen LogP contribution >= 0.6 is 0 Å². The number of carboxylic acids is 1. The number of rotatable bonds is 4. The minimum atomic E-state index is -1.00. The summed E-state index contributed by atoms with van der Waals surface area (Å²) in [6.07, 6.45) is 0. The molecule has 0 atom stereocenters. The summed E-state index contributed by atoms with van der Waals surface area (Å²) in [6, 6.07) is 10.8. The molecule has 0 fully saturated rings. The largest absolute Gasteiger partial charge is 0.493 e. The van der Waals surface area contributed by atoms with Crippen molar-refractivity contribution in [3.05, 3.63) is 47.5 Å². The summed E-state index contributed by atoms with van der Waals surface area (Å²) in [5.74, 6) is -0.0631. The normalized spacial score (nSPS) is 10.2. The van der Waals surface area contributed by atoms with Crippen molar-refractivity contribution >= 4 is 5.97 Å². The van der Waals surface area contributed by atoms with Gasteiger partial charge >= 0.3 is 5.97 Å². The highest BCUT2D eigenvalue weighted by Crippen LogP contribution is 2.39. The lowest BCUT2D eigenvalue weighted by molar-refractivity contribution is 0.0696. The lowest BCUT2D eigenvalue weighted by atomic mass is 9.99. The van der Waals surface area contributed by atoms with Crippen molar-refractivity contribution in [3.63, 3.8) is 0 Å². The Bertz CT molecular complexity index is 647. The standard InChI is InChI=1S/C16H16O4/c1-10-5-4-6-11(7-10)13-8-12(16(17)18)9-14(19-2)15(13)20-3/h4-9H,1-3H3,(H,17,18). The van der Waals surface area contributed by atoms with Gasteiger partial charge in [0.2, 0.25) is 0 Å². The molecule has 0 aromatic heterocycles. The molecule has 0 saturated heterocycles. The van der Waals surface area contributed by atoms with Gasteiger partial charge in [0.25, 0.3) is 0 Å². The lowest BCUT2D eigenvalue weighted by Gasteiger charge is -2.14. The van der Waals surface area contributed by atoms with Gasteiger partial charge in [0.15, 0.2) is 11.5 Å². The molecule has 0 amide bonds. The highest BCUT2D eigenvalue weighted by molar-refractivity contribution is 5.92. The molecule has 2 aromatic carbocycles. The number of carboxylic acid groups (broad SMARTS) is 1. The molecule has 4 nitrogen and oxygen atoms in total. The van der Waals surface area contributed by atoms with Crippen LogP contribution in [0.3, 0.4) is 0 Å². The Morgan fingerprint density at radius 1 is 1.10 bits per heavy atom. The first-order chi connectivity index (χ1) is 9.56. The van der Waals surface area contributed by atoms with Crippen LogP contribution < -0.4 is 9.47 Å². The Morgan fingerprint density at radius 3 is 2.40 bits per heavy atom. The number of hydrogen-bond donors (Lipinski definition) is 1. The number of methoxy groups -OCH3 is 2. The van der Waals surface area contributed by atoms with Gasteiger partial charge in [0, 0.05) is 5.56 Å². The van der Waals surface area contributed by atoms with Crippen molar-refractivity contribution < 1.29 is 19.4 Å². The molecule has 0 aliphatic carbocycles. The predicted molar refractivity (Wildman–Crippen MR) is 76.7 cm³/mol. The lowest BCUT2D eigenvalue weighted by Crippen LogP contribution is -2.01. The maximum atomic E-state index is 11.2. The third-order valence-electron chi connectivity index (χ3n) is 3.05. The van der Waals surface area contributed by atoms with Crippen LogP contribution in [-0.2, 0) is 0 Å². The smallest absolute Gasteiger partial charge is 0.335 e. The molecule has 2 rings (SSSR count). The maximum absolute atomic E-state index is 11.2. The second-order valence-corrected chi connectivity index (χ2v) is 4.43. The molecule has 0 saturated carbocycles. The maximum Gasteiger partial charge on any atom is 0.335 e. The van der Waals surface area contributed by atoms with E-state index in [-0.39, 0.29) is 5.56 Å². The first-order valence-electron chi connectivity index (χ1n) is 6.13. The van der Waals surface area contributed by atoms with E-state index in [1.54, 1.807) is 6.07 Å². The Kier molecular flexibility index (Phi) is 3.94. The van der Waals surface area contributed by atoms with E-state index in [2.05, 4.69) is 0 Å². The van der Waals surface area contributed by atoms with Crippen LogP contribution in [0.5, 0.6) is 11.5 Å². The molecule has 0 heterocycles. The van der Waals surface area contributed by atoms with E-state index in [4.69, 9.17) is 9.47 Å². The van der Waals surface area contributed by atoms with Gasteiger partial charge in [-0.2, -0.15) is 0 Å². The van der Waals surface area contributed by atoms with Crippen molar-refractivity contribution in [1.29, 1.82) is 0 Å². The van der Waals surface area contributed by atoms with Gasteiger partial charge in [-0.05, 0) is 24.6 Å². The molecule has 0 bridgehead atoms. The van der Waals surface area contributed by atoms with Gasteiger partial charge in [-0.25, -0.2) is 4.79 Å². The first-order valence-corrected chi connectivity index (χ1v) is 6.13. The number of aromatic carboxylic acids is 1. The van der Waals surface area contributed by atoms with E-state index >= 15 is 0 Å². The van der Waals surface area contributed by atoms with Crippen LogP contribution in [0.2, 0.25) is 0 Å². The SMILES string of the molecule is COc1cc(C(=O)O)cc(-c2cccc(C)c2)c1OC. The highest BCUT2D eigenvalue weighted by atomic mass is 16.5. The zero-order chi connectivity index (χ0) is 14.7. The zero-order valence-electron chi connectivity index (χ0n) is 11.6. The van der Waals surface area contributed by atoms with Gasteiger partial charge in [0.1, 0.15) is 0 Å². The molecular formula is C16H16O4. The van der Waals surface area contributed by atoms with Crippen LogP contribution in [0, 0.1) is 6.92 Å². The Labute approximate surface area is 117 Å². The Balaban J connectivity index is 2.72. The quantitative estimate of drug-likeness (QED) is 0.927. The first kappa shape index (κ1) is 13.9. The summed E-state index contributed by atoms with van der Waals surface area (Å²) < 4.78 is 10.6. The topological polar surface area (TPSA) is 55.8 Å². The number of aryl methyl sites for hydroxylation is 1. The van der Waals surface area contributed by atoms with E-state index in [1.165, 1.54) is 20.3 Å². The summed E-state index contributed by atoms with van der Waals surface area (Å²) in [5.41, 5.74) is 2.85. The summed E-state index contributed by atoms with van der Waals surface area (Å²) in [7, 11) is 3.03. The van der Waals surface area contributed by atoms with Crippen LogP contribution in [-0.4, -0.2) is 25.3 Å². The molecule has 0 unspecified atom stereocenters. The van der Waals surface area contributed by atoms with Gasteiger partial charge in [-0.15, -0.1) is 0 Å². The summed E-state index contributed by atoms with van der Waals surface area (Å²) >= 11 is 0. The minimum Gasteiger partial charge on any atom is -0.493 e. The third-order valence-corrected chi connectivity index (χ3v) is 3.05. The molecule has 2 aromatic rings. The second kappa shape index (κ2) is 5.65. The number of hydrogen-bond acceptors (Lipinski definition) is 3. The van der Waals surface area contributed by atoms with Gasteiger partial charge in [-0.3, -0.25) is 0 Å². The second-order valence-electron chi connectivity index (χ2n) is 4.43. The molecular weight excluding hydrogens is 256 g/mol. The van der Waals surface area contributed by atoms with Crippen LogP contribution in [0.15, 0.2) is 36.4 Å². The van der Waals surface area contributed by atoms with E-state index in [0.717, 1.165) is 11.1 Å². The molecule has 1 N–H and O–H groups in total. The molecule has 20 heavy (non-hydrogen) atoms. The van der Waals surface area contributed by atoms with Crippen molar-refractivity contribution in [1.82, 2.24) is 0 Å². The number of ether oxygens (including phenoxy) is 2. The summed E-state index contributed by atoms with van der Waals surface area (Å²) in [6.45, 7) is 1.98. The molecule has 104 valence electrons. The Morgan fingerprint density at radius 2 is 1.85 bits per heavy atom. The van der Waals surface area contributed by atoms with Gasteiger partial charge in [-0.1, -0.05) is 29.8 Å². The van der Waals surface area contributed by atoms with Crippen LogP contribution in [0.4, 0.5) is 0 Å². The predicted octanol–water partition coefficient (Wildman–Crippen LogP) is 3.38. The fourth-order valence-corrected chi connectivity index (χ4v) is 2.11. The van der Waals surface area contributed by atoms with E-state index in [0.29, 0.717) is 17.1 Å². The van der Waals surface area contributed by atoms with Gasteiger partial charge < -0.3 is 14.6 Å². The molecule has 0 radical (unpaired) electrons. The third kappa shape index (κ3) is 2.59.